The molecule has 1 N–H and O–H groups in total. The van der Waals surface area contributed by atoms with Gasteiger partial charge in [-0.25, -0.2) is 13.4 Å². The molecule has 9 heteroatoms. The lowest BCUT2D eigenvalue weighted by molar-refractivity contribution is -0.115. The first-order valence-corrected chi connectivity index (χ1v) is 13.9. The van der Waals surface area contributed by atoms with Crippen LogP contribution in [0, 0.1) is 20.8 Å². The molecule has 1 atom stereocenters. The van der Waals surface area contributed by atoms with Gasteiger partial charge < -0.3 is 9.88 Å². The van der Waals surface area contributed by atoms with Gasteiger partial charge in [0.15, 0.2) is 5.16 Å². The van der Waals surface area contributed by atoms with E-state index in [1.165, 1.54) is 16.1 Å². The summed E-state index contributed by atoms with van der Waals surface area (Å²) in [6, 6.07) is 9.18. The van der Waals surface area contributed by atoms with Crippen LogP contribution in [0.15, 0.2) is 40.4 Å². The number of carbonyl (C=O) groups excluding carboxylic acids is 1. The molecule has 3 rings (SSSR count). The Morgan fingerprint density at radius 1 is 1.09 bits per heavy atom. The van der Waals surface area contributed by atoms with Crippen molar-refractivity contribution in [2.75, 3.05) is 18.4 Å². The van der Waals surface area contributed by atoms with Crippen LogP contribution in [-0.4, -0.2) is 46.5 Å². The first kappa shape index (κ1) is 26.2. The summed E-state index contributed by atoms with van der Waals surface area (Å²) in [5.41, 5.74) is 5.53. The minimum Gasteiger partial charge on any atom is -0.325 e. The van der Waals surface area contributed by atoms with Gasteiger partial charge in [-0.1, -0.05) is 43.3 Å². The zero-order valence-electron chi connectivity index (χ0n) is 21.0. The number of aryl methyl sites for hydroxylation is 4. The predicted octanol–water partition coefficient (Wildman–Crippen LogP) is 5.13. The average molecular weight is 503 g/mol. The van der Waals surface area contributed by atoms with Gasteiger partial charge in [-0.2, -0.15) is 4.31 Å². The molecular formula is C25H34N4O3S2. The Morgan fingerprint density at radius 2 is 1.71 bits per heavy atom. The topological polar surface area (TPSA) is 84.3 Å². The van der Waals surface area contributed by atoms with Gasteiger partial charge in [-0.05, 0) is 63.9 Å². The molecule has 0 spiro atoms. The Kier molecular flexibility index (Phi) is 8.10. The van der Waals surface area contributed by atoms with Crippen LogP contribution in [0.25, 0.3) is 11.0 Å². The fourth-order valence-corrected chi connectivity index (χ4v) is 6.64. The van der Waals surface area contributed by atoms with Gasteiger partial charge in [0.25, 0.3) is 0 Å². The van der Waals surface area contributed by atoms with Crippen molar-refractivity contribution < 1.29 is 13.2 Å². The number of sulfonamides is 1. The predicted molar refractivity (Wildman–Crippen MR) is 140 cm³/mol. The molecule has 3 aromatic rings. The average Bonchev–Trinajstić information content (AvgIpc) is 3.12. The summed E-state index contributed by atoms with van der Waals surface area (Å²) in [5.74, 6) is -0.0976. The highest BCUT2D eigenvalue weighted by Crippen LogP contribution is 2.30. The van der Waals surface area contributed by atoms with Gasteiger partial charge in [-0.3, -0.25) is 4.79 Å². The number of imidazole rings is 1. The van der Waals surface area contributed by atoms with Gasteiger partial charge in [-0.15, -0.1) is 0 Å². The molecule has 1 unspecified atom stereocenters. The van der Waals surface area contributed by atoms with E-state index in [1.807, 2.05) is 53.0 Å². The number of hydrogen-bond acceptors (Lipinski definition) is 5. The molecule has 184 valence electrons. The molecule has 1 aromatic heterocycles. The number of nitrogens with zero attached hydrogens (tertiary/aromatic N) is 3. The summed E-state index contributed by atoms with van der Waals surface area (Å²) in [4.78, 5) is 17.9. The second-order valence-corrected chi connectivity index (χ2v) is 11.6. The lowest BCUT2D eigenvalue weighted by atomic mass is 10.1. The first-order valence-electron chi connectivity index (χ1n) is 11.6. The molecule has 0 aliphatic carbocycles. The summed E-state index contributed by atoms with van der Waals surface area (Å²) < 4.78 is 29.3. The van der Waals surface area contributed by atoms with Gasteiger partial charge in [0.1, 0.15) is 0 Å². The molecular weight excluding hydrogens is 468 g/mol. The van der Waals surface area contributed by atoms with Crippen molar-refractivity contribution in [2.24, 2.45) is 0 Å². The number of fused-ring (bicyclic) bond motifs is 1. The molecule has 1 amide bonds. The number of anilines is 1. The van der Waals surface area contributed by atoms with E-state index in [4.69, 9.17) is 4.98 Å². The standard InChI is InChI=1S/C25H34N4O3S2/c1-8-28(9-2)34(31,32)20-11-12-22-21(15-20)26-25(29(22)10-3)33-19(7)24(30)27-23-17(5)13-16(4)14-18(23)6/h11-15,19H,8-10H2,1-7H3,(H,27,30). The molecule has 1 heterocycles. The van der Waals surface area contributed by atoms with Crippen molar-refractivity contribution in [1.29, 1.82) is 0 Å². The Morgan fingerprint density at radius 3 is 2.26 bits per heavy atom. The largest absolute Gasteiger partial charge is 0.325 e. The van der Waals surface area contributed by atoms with E-state index in [9.17, 15) is 13.2 Å². The number of carbonyl (C=O) groups is 1. The number of rotatable bonds is 9. The third kappa shape index (κ3) is 5.16. The monoisotopic (exact) mass is 502 g/mol. The fraction of sp³-hybridized carbons (Fsp3) is 0.440. The molecule has 0 saturated heterocycles. The van der Waals surface area contributed by atoms with Crippen molar-refractivity contribution in [3.63, 3.8) is 0 Å². The lowest BCUT2D eigenvalue weighted by Crippen LogP contribution is -2.30. The zero-order chi connectivity index (χ0) is 25.2. The maximum atomic E-state index is 13.0. The van der Waals surface area contributed by atoms with Crippen LogP contribution in [0.2, 0.25) is 0 Å². The number of nitrogens with one attached hydrogen (secondary N) is 1. The van der Waals surface area contributed by atoms with E-state index in [2.05, 4.69) is 17.4 Å². The summed E-state index contributed by atoms with van der Waals surface area (Å²) in [7, 11) is -3.57. The highest BCUT2D eigenvalue weighted by atomic mass is 32.2. The van der Waals surface area contributed by atoms with Crippen LogP contribution in [0.5, 0.6) is 0 Å². The van der Waals surface area contributed by atoms with Gasteiger partial charge in [0.2, 0.25) is 15.9 Å². The molecule has 34 heavy (non-hydrogen) atoms. The molecule has 0 aliphatic heterocycles. The second-order valence-electron chi connectivity index (χ2n) is 8.40. The Balaban J connectivity index is 1.89. The Hall–Kier alpha value is -2.36. The van der Waals surface area contributed by atoms with Crippen molar-refractivity contribution in [2.45, 2.75) is 70.3 Å². The summed E-state index contributed by atoms with van der Waals surface area (Å²) >= 11 is 1.37. The van der Waals surface area contributed by atoms with Crippen molar-refractivity contribution in [1.82, 2.24) is 13.9 Å². The van der Waals surface area contributed by atoms with Gasteiger partial charge >= 0.3 is 0 Å². The summed E-state index contributed by atoms with van der Waals surface area (Å²) in [6.07, 6.45) is 0. The molecule has 0 saturated carbocycles. The number of amides is 1. The summed E-state index contributed by atoms with van der Waals surface area (Å²) in [6.45, 7) is 15.0. The maximum absolute atomic E-state index is 13.0. The van der Waals surface area contributed by atoms with Gasteiger partial charge in [0.05, 0.1) is 21.2 Å². The second kappa shape index (κ2) is 10.5. The normalized spacial score (nSPS) is 12.9. The van der Waals surface area contributed by atoms with Crippen LogP contribution in [-0.2, 0) is 21.4 Å². The SMILES string of the molecule is CCN(CC)S(=O)(=O)c1ccc2c(c1)nc(SC(C)C(=O)Nc1c(C)cc(C)cc1C)n2CC. The van der Waals surface area contributed by atoms with Crippen LogP contribution < -0.4 is 5.32 Å². The van der Waals surface area contributed by atoms with Crippen LogP contribution in [0.3, 0.4) is 0 Å². The zero-order valence-corrected chi connectivity index (χ0v) is 22.6. The fourth-order valence-electron chi connectivity index (χ4n) is 4.17. The van der Waals surface area contributed by atoms with Crippen molar-refractivity contribution in [3.8, 4) is 0 Å². The molecule has 0 fully saturated rings. The van der Waals surface area contributed by atoms with Crippen molar-refractivity contribution in [3.05, 3.63) is 47.0 Å². The van der Waals surface area contributed by atoms with E-state index in [0.29, 0.717) is 30.3 Å². The number of benzene rings is 2. The molecule has 0 bridgehead atoms. The lowest BCUT2D eigenvalue weighted by Gasteiger charge is -2.18. The first-order chi connectivity index (χ1) is 16.0. The number of thioether (sulfide) groups is 1. The minimum absolute atomic E-state index is 0.0976. The van der Waals surface area contributed by atoms with E-state index in [1.54, 1.807) is 18.2 Å². The minimum atomic E-state index is -3.57. The van der Waals surface area contributed by atoms with E-state index < -0.39 is 10.0 Å². The quantitative estimate of drug-likeness (QED) is 0.410. The number of aromatic nitrogens is 2. The maximum Gasteiger partial charge on any atom is 0.243 e. The third-order valence-corrected chi connectivity index (χ3v) is 9.06. The highest BCUT2D eigenvalue weighted by molar-refractivity contribution is 8.00. The van der Waals surface area contributed by atoms with Gasteiger partial charge in [0, 0.05) is 25.3 Å². The molecule has 7 nitrogen and oxygen atoms in total. The Bertz CT molecular complexity index is 1290. The molecule has 0 radical (unpaired) electrons. The molecule has 2 aromatic carbocycles. The smallest absolute Gasteiger partial charge is 0.243 e. The van der Waals surface area contributed by atoms with E-state index >= 15 is 0 Å². The van der Waals surface area contributed by atoms with E-state index in [-0.39, 0.29) is 16.1 Å². The van der Waals surface area contributed by atoms with Crippen LogP contribution >= 0.6 is 11.8 Å². The number of hydrogen-bond donors (Lipinski definition) is 1. The Labute approximate surface area is 207 Å². The third-order valence-electron chi connectivity index (χ3n) is 5.92. The van der Waals surface area contributed by atoms with Crippen LogP contribution in [0.4, 0.5) is 5.69 Å². The van der Waals surface area contributed by atoms with Crippen LogP contribution in [0.1, 0.15) is 44.4 Å². The summed E-state index contributed by atoms with van der Waals surface area (Å²) in [5, 5.41) is 3.37. The highest BCUT2D eigenvalue weighted by Gasteiger charge is 2.24. The van der Waals surface area contributed by atoms with Crippen molar-refractivity contribution >= 4 is 44.4 Å². The van der Waals surface area contributed by atoms with E-state index in [0.717, 1.165) is 27.9 Å². The molecule has 0 aliphatic rings.